The lowest BCUT2D eigenvalue weighted by Gasteiger charge is -2.06. The summed E-state index contributed by atoms with van der Waals surface area (Å²) in [6.45, 7) is 9.02. The quantitative estimate of drug-likeness (QED) is 0.343. The zero-order chi connectivity index (χ0) is 11.4. The normalized spacial score (nSPS) is 10.3. The third kappa shape index (κ3) is 11.5. The largest absolute Gasteiger partial charge is 0.499 e. The van der Waals surface area contributed by atoms with Crippen molar-refractivity contribution in [3.05, 3.63) is 12.3 Å². The molecule has 0 bridgehead atoms. The molecule has 1 heteroatoms. The molecule has 0 saturated carbocycles. The monoisotopic (exact) mass is 212 g/mol. The molecule has 0 aliphatic rings. The number of hydrogen-bond acceptors (Lipinski definition) is 1. The van der Waals surface area contributed by atoms with Gasteiger partial charge in [-0.2, -0.15) is 0 Å². The van der Waals surface area contributed by atoms with Gasteiger partial charge in [0.05, 0.1) is 12.4 Å². The van der Waals surface area contributed by atoms with Crippen molar-refractivity contribution in [3.63, 3.8) is 0 Å². The van der Waals surface area contributed by atoms with E-state index >= 15 is 0 Å². The maximum absolute atomic E-state index is 5.44. The molecule has 0 aromatic heterocycles. The van der Waals surface area contributed by atoms with Gasteiger partial charge in [-0.05, 0) is 6.42 Å². The van der Waals surface area contributed by atoms with Crippen LogP contribution in [-0.4, -0.2) is 6.61 Å². The lowest BCUT2D eigenvalue weighted by Crippen LogP contribution is -1.93. The third-order valence-electron chi connectivity index (χ3n) is 2.70. The zero-order valence-electron chi connectivity index (χ0n) is 10.7. The van der Waals surface area contributed by atoms with E-state index in [1.807, 2.05) is 0 Å². The van der Waals surface area contributed by atoms with Crippen molar-refractivity contribution >= 4 is 0 Å². The number of unbranched alkanes of at least 4 members (excludes halogenated alkanes) is 7. The molecule has 1 nitrogen and oxygen atoms in total. The summed E-state index contributed by atoms with van der Waals surface area (Å²) in [5, 5.41) is 0. The molecule has 0 rings (SSSR count). The van der Waals surface area contributed by atoms with Crippen LogP contribution in [-0.2, 0) is 4.74 Å². The molecule has 15 heavy (non-hydrogen) atoms. The Kier molecular flexibility index (Phi) is 11.3. The van der Waals surface area contributed by atoms with Crippen LogP contribution >= 0.6 is 0 Å². The first kappa shape index (κ1) is 14.5. The first-order chi connectivity index (χ1) is 7.31. The van der Waals surface area contributed by atoms with Crippen LogP contribution in [0.1, 0.15) is 71.6 Å². The van der Waals surface area contributed by atoms with Crippen molar-refractivity contribution in [2.75, 3.05) is 6.61 Å². The summed E-state index contributed by atoms with van der Waals surface area (Å²) < 4.78 is 5.44. The standard InChI is InChI=1S/C14H28O/c1-4-6-7-8-9-10-11-12-13-15-14(3)5-2/h3-13H2,1-2H3. The number of hydrogen-bond donors (Lipinski definition) is 0. The summed E-state index contributed by atoms with van der Waals surface area (Å²) >= 11 is 0. The second-order valence-electron chi connectivity index (χ2n) is 4.22. The van der Waals surface area contributed by atoms with Crippen molar-refractivity contribution in [2.45, 2.75) is 71.6 Å². The van der Waals surface area contributed by atoms with Crippen molar-refractivity contribution in [3.8, 4) is 0 Å². The summed E-state index contributed by atoms with van der Waals surface area (Å²) in [7, 11) is 0. The maximum atomic E-state index is 5.44. The van der Waals surface area contributed by atoms with Crippen LogP contribution < -0.4 is 0 Å². The predicted octanol–water partition coefficient (Wildman–Crippen LogP) is 5.07. The summed E-state index contributed by atoms with van der Waals surface area (Å²) in [6, 6.07) is 0. The molecule has 0 aliphatic carbocycles. The molecule has 90 valence electrons. The Morgan fingerprint density at radius 2 is 1.40 bits per heavy atom. The minimum atomic E-state index is 0.863. The maximum Gasteiger partial charge on any atom is 0.0885 e. The number of allylic oxidation sites excluding steroid dienone is 1. The van der Waals surface area contributed by atoms with E-state index in [1.54, 1.807) is 0 Å². The van der Waals surface area contributed by atoms with Gasteiger partial charge in [-0.3, -0.25) is 0 Å². The fourth-order valence-corrected chi connectivity index (χ4v) is 1.55. The molecule has 0 aromatic carbocycles. The number of ether oxygens (including phenoxy) is 1. The van der Waals surface area contributed by atoms with Gasteiger partial charge < -0.3 is 4.74 Å². The van der Waals surface area contributed by atoms with E-state index < -0.39 is 0 Å². The minimum Gasteiger partial charge on any atom is -0.499 e. The summed E-state index contributed by atoms with van der Waals surface area (Å²) in [5.74, 6) is 0.929. The van der Waals surface area contributed by atoms with Crippen molar-refractivity contribution in [1.29, 1.82) is 0 Å². The Morgan fingerprint density at radius 1 is 0.867 bits per heavy atom. The second kappa shape index (κ2) is 11.6. The van der Waals surface area contributed by atoms with E-state index in [9.17, 15) is 0 Å². The van der Waals surface area contributed by atoms with Crippen molar-refractivity contribution in [2.24, 2.45) is 0 Å². The molecule has 0 saturated heterocycles. The van der Waals surface area contributed by atoms with Crippen molar-refractivity contribution in [1.82, 2.24) is 0 Å². The van der Waals surface area contributed by atoms with E-state index in [0.29, 0.717) is 0 Å². The smallest absolute Gasteiger partial charge is 0.0885 e. The Morgan fingerprint density at radius 3 is 1.93 bits per heavy atom. The molecule has 0 unspecified atom stereocenters. The fourth-order valence-electron chi connectivity index (χ4n) is 1.55. The molecule has 0 radical (unpaired) electrons. The van der Waals surface area contributed by atoms with Crippen LogP contribution in [0.4, 0.5) is 0 Å². The van der Waals surface area contributed by atoms with Crippen LogP contribution in [0.2, 0.25) is 0 Å². The zero-order valence-corrected chi connectivity index (χ0v) is 10.7. The summed E-state index contributed by atoms with van der Waals surface area (Å²) in [6.07, 6.45) is 11.8. The predicted molar refractivity (Wildman–Crippen MR) is 68.0 cm³/mol. The summed E-state index contributed by atoms with van der Waals surface area (Å²) in [5.41, 5.74) is 0. The highest BCUT2D eigenvalue weighted by Crippen LogP contribution is 2.09. The minimum absolute atomic E-state index is 0.863. The van der Waals surface area contributed by atoms with Gasteiger partial charge in [0, 0.05) is 6.42 Å². The third-order valence-corrected chi connectivity index (χ3v) is 2.70. The topological polar surface area (TPSA) is 9.23 Å². The molecule has 0 aromatic rings. The van der Waals surface area contributed by atoms with E-state index in [2.05, 4.69) is 20.4 Å². The highest BCUT2D eigenvalue weighted by molar-refractivity contribution is 4.79. The molecule has 0 heterocycles. The van der Waals surface area contributed by atoms with E-state index in [1.165, 1.54) is 51.4 Å². The van der Waals surface area contributed by atoms with Gasteiger partial charge in [0.15, 0.2) is 0 Å². The van der Waals surface area contributed by atoms with Gasteiger partial charge in [-0.25, -0.2) is 0 Å². The van der Waals surface area contributed by atoms with Crippen molar-refractivity contribution < 1.29 is 4.74 Å². The van der Waals surface area contributed by atoms with E-state index in [0.717, 1.165) is 18.8 Å². The molecular formula is C14H28O. The first-order valence-electron chi connectivity index (χ1n) is 6.61. The van der Waals surface area contributed by atoms with Crippen LogP contribution in [0.3, 0.4) is 0 Å². The highest BCUT2D eigenvalue weighted by Gasteiger charge is 1.93. The summed E-state index contributed by atoms with van der Waals surface area (Å²) in [4.78, 5) is 0. The Balaban J connectivity index is 2.95. The Labute approximate surface area is 95.9 Å². The lowest BCUT2D eigenvalue weighted by molar-refractivity contribution is 0.199. The molecule has 0 spiro atoms. The van der Waals surface area contributed by atoms with Gasteiger partial charge in [-0.1, -0.05) is 65.4 Å². The van der Waals surface area contributed by atoms with Gasteiger partial charge in [0.25, 0.3) is 0 Å². The molecule has 0 fully saturated rings. The van der Waals surface area contributed by atoms with Gasteiger partial charge >= 0.3 is 0 Å². The average molecular weight is 212 g/mol. The van der Waals surface area contributed by atoms with Gasteiger partial charge in [-0.15, -0.1) is 0 Å². The Bertz CT molecular complexity index is 140. The van der Waals surface area contributed by atoms with Gasteiger partial charge in [0.1, 0.15) is 0 Å². The second-order valence-corrected chi connectivity index (χ2v) is 4.22. The molecule has 0 amide bonds. The van der Waals surface area contributed by atoms with Crippen LogP contribution in [0, 0.1) is 0 Å². The number of rotatable bonds is 11. The van der Waals surface area contributed by atoms with Gasteiger partial charge in [0.2, 0.25) is 0 Å². The van der Waals surface area contributed by atoms with Crippen LogP contribution in [0.5, 0.6) is 0 Å². The lowest BCUT2D eigenvalue weighted by atomic mass is 10.1. The van der Waals surface area contributed by atoms with Crippen LogP contribution in [0.15, 0.2) is 12.3 Å². The van der Waals surface area contributed by atoms with E-state index in [4.69, 9.17) is 4.74 Å². The molecular weight excluding hydrogens is 184 g/mol. The average Bonchev–Trinajstić information content (AvgIpc) is 2.26. The SMILES string of the molecule is C=C(CC)OCCCCCCCCCC. The highest BCUT2D eigenvalue weighted by atomic mass is 16.5. The molecule has 0 aliphatic heterocycles. The first-order valence-corrected chi connectivity index (χ1v) is 6.61. The molecule has 0 N–H and O–H groups in total. The van der Waals surface area contributed by atoms with E-state index in [-0.39, 0.29) is 0 Å². The fraction of sp³-hybridized carbons (Fsp3) is 0.857. The molecule has 0 atom stereocenters. The Hall–Kier alpha value is -0.460. The van der Waals surface area contributed by atoms with Crippen LogP contribution in [0.25, 0.3) is 0 Å².